The first-order valence-corrected chi connectivity index (χ1v) is 9.03. The number of carbonyl (C=O) groups excluding carboxylic acids is 1. The van der Waals surface area contributed by atoms with Gasteiger partial charge in [0.1, 0.15) is 12.2 Å². The first-order chi connectivity index (χ1) is 13.9. The molecule has 0 aliphatic rings. The third-order valence-corrected chi connectivity index (χ3v) is 4.77. The van der Waals surface area contributed by atoms with Crippen LogP contribution in [0.1, 0.15) is 32.9 Å². The summed E-state index contributed by atoms with van der Waals surface area (Å²) >= 11 is 0. The van der Waals surface area contributed by atoms with Crippen molar-refractivity contribution >= 4 is 16.9 Å². The summed E-state index contributed by atoms with van der Waals surface area (Å²) in [4.78, 5) is 28.5. The average molecular weight is 390 g/mol. The van der Waals surface area contributed by atoms with Crippen LogP contribution in [0.15, 0.2) is 56.2 Å². The van der Waals surface area contributed by atoms with Crippen LogP contribution < -0.4 is 5.63 Å². The first-order valence-electron chi connectivity index (χ1n) is 9.03. The summed E-state index contributed by atoms with van der Waals surface area (Å²) in [5.41, 5.74) is 3.64. The molecule has 2 heterocycles. The van der Waals surface area contributed by atoms with Gasteiger partial charge in [-0.15, -0.1) is 0 Å². The van der Waals surface area contributed by atoms with Crippen molar-refractivity contribution in [3.63, 3.8) is 0 Å². The van der Waals surface area contributed by atoms with Crippen molar-refractivity contribution < 1.29 is 18.5 Å². The molecule has 0 atom stereocenters. The Morgan fingerprint density at radius 1 is 1.07 bits per heavy atom. The molecule has 0 radical (unpaired) electrons. The molecule has 2 aromatic heterocycles. The van der Waals surface area contributed by atoms with Crippen LogP contribution in [0.25, 0.3) is 22.4 Å². The van der Waals surface area contributed by atoms with Gasteiger partial charge in [0.2, 0.25) is 0 Å². The zero-order valence-corrected chi connectivity index (χ0v) is 16.2. The van der Waals surface area contributed by atoms with Crippen molar-refractivity contribution in [3.8, 4) is 11.5 Å². The van der Waals surface area contributed by atoms with Gasteiger partial charge in [0.15, 0.2) is 5.82 Å². The molecule has 0 bridgehead atoms. The smallest absolute Gasteiger partial charge is 0.338 e. The van der Waals surface area contributed by atoms with Gasteiger partial charge in [-0.3, -0.25) is 0 Å². The molecule has 2 aromatic carbocycles. The Hall–Kier alpha value is -3.74. The molecule has 7 nitrogen and oxygen atoms in total. The zero-order valence-electron chi connectivity index (χ0n) is 16.2. The minimum absolute atomic E-state index is 0.0337. The van der Waals surface area contributed by atoms with E-state index in [-0.39, 0.29) is 6.61 Å². The predicted octanol–water partition coefficient (Wildman–Crippen LogP) is 4.13. The summed E-state index contributed by atoms with van der Waals surface area (Å²) in [6.45, 7) is 5.53. The summed E-state index contributed by atoms with van der Waals surface area (Å²) in [6, 6.07) is 11.8. The van der Waals surface area contributed by atoms with E-state index >= 15 is 0 Å². The van der Waals surface area contributed by atoms with Crippen molar-refractivity contribution in [2.24, 2.45) is 0 Å². The van der Waals surface area contributed by atoms with Crippen LogP contribution in [-0.4, -0.2) is 16.1 Å². The molecule has 0 saturated heterocycles. The third kappa shape index (κ3) is 3.67. The lowest BCUT2D eigenvalue weighted by molar-refractivity contribution is 0.0474. The second-order valence-corrected chi connectivity index (χ2v) is 6.78. The number of fused-ring (bicyclic) bond motifs is 1. The average Bonchev–Trinajstić information content (AvgIpc) is 3.15. The van der Waals surface area contributed by atoms with Crippen molar-refractivity contribution in [2.75, 3.05) is 0 Å². The maximum atomic E-state index is 12.4. The second-order valence-electron chi connectivity index (χ2n) is 6.78. The SMILES string of the molecule is Cc1noc(-c2ccc(C(=O)OCc3cc(=O)oc4c(C)c(C)ccc34)cc2)n1. The first kappa shape index (κ1) is 18.6. The van der Waals surface area contributed by atoms with Crippen LogP contribution in [0, 0.1) is 20.8 Å². The lowest BCUT2D eigenvalue weighted by Crippen LogP contribution is -2.08. The minimum atomic E-state index is -0.497. The van der Waals surface area contributed by atoms with Crippen LogP contribution in [0.3, 0.4) is 0 Å². The highest BCUT2D eigenvalue weighted by Gasteiger charge is 2.14. The number of hydrogen-bond acceptors (Lipinski definition) is 7. The van der Waals surface area contributed by atoms with E-state index in [1.54, 1.807) is 31.2 Å². The molecule has 0 aliphatic heterocycles. The molecule has 0 aliphatic carbocycles. The molecular formula is C22H18N2O5. The number of ether oxygens (including phenoxy) is 1. The van der Waals surface area contributed by atoms with E-state index < -0.39 is 11.6 Å². The summed E-state index contributed by atoms with van der Waals surface area (Å²) in [7, 11) is 0. The predicted molar refractivity (Wildman–Crippen MR) is 106 cm³/mol. The third-order valence-electron chi connectivity index (χ3n) is 4.77. The van der Waals surface area contributed by atoms with Crippen molar-refractivity contribution in [2.45, 2.75) is 27.4 Å². The Balaban J connectivity index is 1.54. The monoisotopic (exact) mass is 390 g/mol. The van der Waals surface area contributed by atoms with Gasteiger partial charge >= 0.3 is 11.6 Å². The molecule has 146 valence electrons. The van der Waals surface area contributed by atoms with E-state index in [0.717, 1.165) is 16.5 Å². The number of aromatic nitrogens is 2. The molecular weight excluding hydrogens is 372 g/mol. The lowest BCUT2D eigenvalue weighted by atomic mass is 10.0. The van der Waals surface area contributed by atoms with E-state index in [1.165, 1.54) is 6.07 Å². The topological polar surface area (TPSA) is 95.4 Å². The summed E-state index contributed by atoms with van der Waals surface area (Å²) in [6.07, 6.45) is 0. The Labute approximate surface area is 165 Å². The van der Waals surface area contributed by atoms with E-state index in [2.05, 4.69) is 10.1 Å². The fourth-order valence-electron chi connectivity index (χ4n) is 3.03. The number of rotatable bonds is 4. The summed E-state index contributed by atoms with van der Waals surface area (Å²) in [5.74, 6) is 0.424. The maximum absolute atomic E-state index is 12.4. The highest BCUT2D eigenvalue weighted by atomic mass is 16.5. The fourth-order valence-corrected chi connectivity index (χ4v) is 3.03. The number of benzene rings is 2. The highest BCUT2D eigenvalue weighted by Crippen LogP contribution is 2.24. The number of esters is 1. The quantitative estimate of drug-likeness (QED) is 0.382. The number of carbonyl (C=O) groups is 1. The Morgan fingerprint density at radius 2 is 1.83 bits per heavy atom. The molecule has 0 N–H and O–H groups in total. The van der Waals surface area contributed by atoms with Crippen LogP contribution in [0.2, 0.25) is 0 Å². The van der Waals surface area contributed by atoms with Gasteiger partial charge in [-0.05, 0) is 56.2 Å². The van der Waals surface area contributed by atoms with Gasteiger partial charge in [-0.1, -0.05) is 17.3 Å². The van der Waals surface area contributed by atoms with Crippen LogP contribution in [0.5, 0.6) is 0 Å². The Morgan fingerprint density at radius 3 is 2.52 bits per heavy atom. The molecule has 0 saturated carbocycles. The lowest BCUT2D eigenvalue weighted by Gasteiger charge is -2.10. The van der Waals surface area contributed by atoms with E-state index in [4.69, 9.17) is 13.7 Å². The fraction of sp³-hybridized carbons (Fsp3) is 0.182. The standard InChI is InChI=1S/C22H18N2O5/c1-12-4-9-18-17(10-19(25)28-20(18)13(12)2)11-27-22(26)16-7-5-15(6-8-16)21-23-14(3)24-29-21/h4-10H,11H2,1-3H3. The van der Waals surface area contributed by atoms with E-state index in [0.29, 0.717) is 34.0 Å². The van der Waals surface area contributed by atoms with Gasteiger partial charge in [-0.25, -0.2) is 9.59 Å². The summed E-state index contributed by atoms with van der Waals surface area (Å²) in [5, 5.41) is 4.50. The molecule has 4 aromatic rings. The maximum Gasteiger partial charge on any atom is 0.338 e. The Kier molecular flexibility index (Phi) is 4.72. The molecule has 4 rings (SSSR count). The number of nitrogens with zero attached hydrogens (tertiary/aromatic N) is 2. The Bertz CT molecular complexity index is 1270. The second kappa shape index (κ2) is 7.35. The number of aryl methyl sites for hydroxylation is 3. The van der Waals surface area contributed by atoms with Gasteiger partial charge in [0.05, 0.1) is 5.56 Å². The van der Waals surface area contributed by atoms with Crippen LogP contribution >= 0.6 is 0 Å². The van der Waals surface area contributed by atoms with E-state index in [9.17, 15) is 9.59 Å². The zero-order chi connectivity index (χ0) is 20.5. The normalized spacial score (nSPS) is 11.0. The molecule has 7 heteroatoms. The molecule has 0 spiro atoms. The van der Waals surface area contributed by atoms with Crippen LogP contribution in [-0.2, 0) is 11.3 Å². The van der Waals surface area contributed by atoms with Gasteiger partial charge in [-0.2, -0.15) is 4.98 Å². The van der Waals surface area contributed by atoms with Crippen molar-refractivity contribution in [3.05, 3.63) is 81.0 Å². The molecule has 0 amide bonds. The molecule has 0 fully saturated rings. The van der Waals surface area contributed by atoms with Gasteiger partial charge in [0.25, 0.3) is 5.89 Å². The van der Waals surface area contributed by atoms with Crippen molar-refractivity contribution in [1.82, 2.24) is 10.1 Å². The van der Waals surface area contributed by atoms with E-state index in [1.807, 2.05) is 26.0 Å². The van der Waals surface area contributed by atoms with Crippen LogP contribution in [0.4, 0.5) is 0 Å². The number of hydrogen-bond donors (Lipinski definition) is 0. The minimum Gasteiger partial charge on any atom is -0.457 e. The van der Waals surface area contributed by atoms with Gasteiger partial charge in [0, 0.05) is 22.6 Å². The van der Waals surface area contributed by atoms with Gasteiger partial charge < -0.3 is 13.7 Å². The molecule has 0 unspecified atom stereocenters. The largest absolute Gasteiger partial charge is 0.457 e. The summed E-state index contributed by atoms with van der Waals surface area (Å²) < 4.78 is 15.9. The molecule has 29 heavy (non-hydrogen) atoms. The van der Waals surface area contributed by atoms with Crippen molar-refractivity contribution in [1.29, 1.82) is 0 Å². The highest BCUT2D eigenvalue weighted by molar-refractivity contribution is 5.90.